The minimum atomic E-state index is -0.0769. The Balaban J connectivity index is 2.24. The molecule has 0 radical (unpaired) electrons. The number of nitrogens with two attached hydrogens (primary N) is 1. The zero-order valence-electron chi connectivity index (χ0n) is 9.76. The lowest BCUT2D eigenvalue weighted by atomic mass is 10.0. The molecule has 3 N–H and O–H groups in total. The summed E-state index contributed by atoms with van der Waals surface area (Å²) in [5.74, 6) is 6.41. The molecule has 0 fully saturated rings. The summed E-state index contributed by atoms with van der Waals surface area (Å²) in [6, 6.07) is 5.80. The predicted molar refractivity (Wildman–Crippen MR) is 74.4 cm³/mol. The van der Waals surface area contributed by atoms with Crippen LogP contribution in [0.3, 0.4) is 0 Å². The molecule has 5 nitrogen and oxygen atoms in total. The number of halogens is 1. The molecular weight excluding hydrogens is 316 g/mol. The highest BCUT2D eigenvalue weighted by Crippen LogP contribution is 2.27. The predicted octanol–water partition coefficient (Wildman–Crippen LogP) is 2.06. The van der Waals surface area contributed by atoms with Gasteiger partial charge >= 0.3 is 0 Å². The molecule has 0 bridgehead atoms. The maximum absolute atomic E-state index is 5.58. The minimum Gasteiger partial charge on any atom is -0.496 e. The molecule has 18 heavy (non-hydrogen) atoms. The first kappa shape index (κ1) is 13.4. The molecule has 2 aromatic rings. The van der Waals surface area contributed by atoms with Gasteiger partial charge in [0.1, 0.15) is 5.75 Å². The van der Waals surface area contributed by atoms with Crippen molar-refractivity contribution < 1.29 is 4.74 Å². The van der Waals surface area contributed by atoms with E-state index in [0.717, 1.165) is 21.5 Å². The van der Waals surface area contributed by atoms with E-state index in [0.29, 0.717) is 6.42 Å². The molecule has 96 valence electrons. The highest BCUT2D eigenvalue weighted by molar-refractivity contribution is 9.10. The van der Waals surface area contributed by atoms with Gasteiger partial charge in [0.15, 0.2) is 0 Å². The summed E-state index contributed by atoms with van der Waals surface area (Å²) in [7, 11) is 1.65. The van der Waals surface area contributed by atoms with Gasteiger partial charge in [-0.15, -0.1) is 0 Å². The Kier molecular flexibility index (Phi) is 4.65. The molecule has 0 aliphatic heterocycles. The Morgan fingerprint density at radius 1 is 1.56 bits per heavy atom. The number of benzene rings is 1. The molecule has 0 saturated carbocycles. The van der Waals surface area contributed by atoms with Crippen molar-refractivity contribution in [3.8, 4) is 5.75 Å². The third kappa shape index (κ3) is 3.05. The second-order valence-electron chi connectivity index (χ2n) is 3.71. The van der Waals surface area contributed by atoms with Crippen molar-refractivity contribution in [2.24, 2.45) is 5.84 Å². The topological polar surface area (TPSA) is 73.1 Å². The zero-order chi connectivity index (χ0) is 13.0. The van der Waals surface area contributed by atoms with Crippen molar-refractivity contribution >= 4 is 27.7 Å². The van der Waals surface area contributed by atoms with Crippen LogP contribution in [0, 0.1) is 0 Å². The van der Waals surface area contributed by atoms with E-state index in [1.807, 2.05) is 18.2 Å². The van der Waals surface area contributed by atoms with Crippen molar-refractivity contribution in [1.82, 2.24) is 14.2 Å². The largest absolute Gasteiger partial charge is 0.496 e. The van der Waals surface area contributed by atoms with Gasteiger partial charge < -0.3 is 4.74 Å². The summed E-state index contributed by atoms with van der Waals surface area (Å²) in [5.41, 5.74) is 4.65. The summed E-state index contributed by atoms with van der Waals surface area (Å²) in [4.78, 5) is 0. The van der Waals surface area contributed by atoms with Gasteiger partial charge in [-0.1, -0.05) is 15.9 Å². The maximum Gasteiger partial charge on any atom is 0.122 e. The summed E-state index contributed by atoms with van der Waals surface area (Å²) >= 11 is 4.62. The van der Waals surface area contributed by atoms with E-state index in [4.69, 9.17) is 10.6 Å². The monoisotopic (exact) mass is 328 g/mol. The van der Waals surface area contributed by atoms with Gasteiger partial charge in [-0.05, 0) is 30.2 Å². The van der Waals surface area contributed by atoms with Crippen LogP contribution in [0.15, 0.2) is 28.9 Å². The molecule has 1 aromatic carbocycles. The van der Waals surface area contributed by atoms with Gasteiger partial charge in [0.2, 0.25) is 0 Å². The first-order valence-electron chi connectivity index (χ1n) is 5.30. The average Bonchev–Trinajstić information content (AvgIpc) is 2.90. The number of hydrogen-bond acceptors (Lipinski definition) is 6. The second-order valence-corrected chi connectivity index (χ2v) is 5.18. The maximum atomic E-state index is 5.58. The highest BCUT2D eigenvalue weighted by Gasteiger charge is 2.16. The van der Waals surface area contributed by atoms with Gasteiger partial charge in [-0.25, -0.2) is 0 Å². The lowest BCUT2D eigenvalue weighted by Crippen LogP contribution is -2.29. The molecule has 0 aliphatic carbocycles. The van der Waals surface area contributed by atoms with E-state index < -0.39 is 0 Å². The van der Waals surface area contributed by atoms with Crippen LogP contribution >= 0.6 is 27.7 Å². The molecule has 1 atom stereocenters. The molecular formula is C11H13BrN4OS. The van der Waals surface area contributed by atoms with Gasteiger partial charge in [0, 0.05) is 4.47 Å². The van der Waals surface area contributed by atoms with Crippen LogP contribution in [-0.2, 0) is 6.42 Å². The van der Waals surface area contributed by atoms with Crippen LogP contribution in [0.4, 0.5) is 0 Å². The normalized spacial score (nSPS) is 12.4. The van der Waals surface area contributed by atoms with E-state index in [1.165, 1.54) is 11.7 Å². The first-order chi connectivity index (χ1) is 8.74. The Morgan fingerprint density at radius 2 is 2.39 bits per heavy atom. The number of aromatic nitrogens is 2. The Hall–Kier alpha value is -1.02. The lowest BCUT2D eigenvalue weighted by molar-refractivity contribution is 0.405. The zero-order valence-corrected chi connectivity index (χ0v) is 12.2. The number of nitrogens with zero attached hydrogens (tertiary/aromatic N) is 2. The van der Waals surface area contributed by atoms with Crippen LogP contribution in [0.2, 0.25) is 0 Å². The van der Waals surface area contributed by atoms with E-state index in [2.05, 4.69) is 30.1 Å². The summed E-state index contributed by atoms with van der Waals surface area (Å²) in [5, 5.41) is 0. The molecule has 1 unspecified atom stereocenters. The van der Waals surface area contributed by atoms with E-state index in [1.54, 1.807) is 13.3 Å². The van der Waals surface area contributed by atoms with Crippen LogP contribution in [-0.4, -0.2) is 15.9 Å². The third-order valence-corrected chi connectivity index (χ3v) is 3.59. The van der Waals surface area contributed by atoms with Crippen molar-refractivity contribution in [3.05, 3.63) is 40.1 Å². The van der Waals surface area contributed by atoms with Crippen LogP contribution in [0.25, 0.3) is 0 Å². The van der Waals surface area contributed by atoms with Gasteiger partial charge in [-0.3, -0.25) is 11.3 Å². The Bertz CT molecular complexity index is 506. The standard InChI is InChI=1S/C11H13BrN4OS/c1-17-11-3-2-8(12)4-7(11)5-9(15-13)10-6-14-18-16-10/h2-4,6,9,15H,5,13H2,1H3. The number of hydrazine groups is 1. The van der Waals surface area contributed by atoms with Crippen molar-refractivity contribution in [1.29, 1.82) is 0 Å². The summed E-state index contributed by atoms with van der Waals surface area (Å²) in [6.07, 6.45) is 2.41. The smallest absolute Gasteiger partial charge is 0.122 e. The van der Waals surface area contributed by atoms with E-state index in [-0.39, 0.29) is 6.04 Å². The third-order valence-electron chi connectivity index (χ3n) is 2.60. The molecule has 0 amide bonds. The molecule has 7 heteroatoms. The fourth-order valence-corrected chi connectivity index (χ4v) is 2.58. The number of ether oxygens (including phenoxy) is 1. The Morgan fingerprint density at radius 3 is 3.00 bits per heavy atom. The minimum absolute atomic E-state index is 0.0769. The van der Waals surface area contributed by atoms with Crippen LogP contribution in [0.5, 0.6) is 5.75 Å². The van der Waals surface area contributed by atoms with E-state index in [9.17, 15) is 0 Å². The van der Waals surface area contributed by atoms with Gasteiger partial charge in [0.25, 0.3) is 0 Å². The Labute approximate surface area is 118 Å². The van der Waals surface area contributed by atoms with E-state index >= 15 is 0 Å². The summed E-state index contributed by atoms with van der Waals surface area (Å²) < 4.78 is 14.5. The average molecular weight is 329 g/mol. The number of rotatable bonds is 5. The molecule has 1 heterocycles. The van der Waals surface area contributed by atoms with Crippen molar-refractivity contribution in [2.45, 2.75) is 12.5 Å². The number of nitrogens with one attached hydrogen (secondary N) is 1. The number of methoxy groups -OCH3 is 1. The van der Waals surface area contributed by atoms with Crippen LogP contribution < -0.4 is 16.0 Å². The highest BCUT2D eigenvalue weighted by atomic mass is 79.9. The number of hydrogen-bond donors (Lipinski definition) is 2. The molecule has 0 saturated heterocycles. The van der Waals surface area contributed by atoms with Gasteiger partial charge in [0.05, 0.1) is 36.8 Å². The van der Waals surface area contributed by atoms with Crippen molar-refractivity contribution in [2.75, 3.05) is 7.11 Å². The van der Waals surface area contributed by atoms with Gasteiger partial charge in [-0.2, -0.15) is 8.75 Å². The van der Waals surface area contributed by atoms with Crippen molar-refractivity contribution in [3.63, 3.8) is 0 Å². The fourth-order valence-electron chi connectivity index (χ4n) is 1.70. The summed E-state index contributed by atoms with van der Waals surface area (Å²) in [6.45, 7) is 0. The lowest BCUT2D eigenvalue weighted by Gasteiger charge is -2.15. The van der Waals surface area contributed by atoms with Crippen LogP contribution in [0.1, 0.15) is 17.3 Å². The molecule has 2 rings (SSSR count). The first-order valence-corrected chi connectivity index (χ1v) is 6.83. The quantitative estimate of drug-likeness (QED) is 0.649. The molecule has 1 aromatic heterocycles. The SMILES string of the molecule is COc1ccc(Br)cc1CC(NN)c1cnsn1. The fraction of sp³-hybridized carbons (Fsp3) is 0.273. The molecule has 0 aliphatic rings. The molecule has 0 spiro atoms. The second kappa shape index (κ2) is 6.24.